The fraction of sp³-hybridized carbons (Fsp3) is 0.412. The average Bonchev–Trinajstić information content (AvgIpc) is 2.80. The van der Waals surface area contributed by atoms with Crippen LogP contribution in [0.1, 0.15) is 31.4 Å². The van der Waals surface area contributed by atoms with Gasteiger partial charge in [-0.25, -0.2) is 4.98 Å². The highest BCUT2D eigenvalue weighted by atomic mass is 35.5. The monoisotopic (exact) mass is 350 g/mol. The van der Waals surface area contributed by atoms with Crippen molar-refractivity contribution in [3.8, 4) is 0 Å². The molecule has 2 aromatic rings. The Labute approximate surface area is 146 Å². The largest absolute Gasteiger partial charge is 0.356 e. The normalized spacial score (nSPS) is 15.3. The molecular formula is C17H20Cl2N4. The maximum Gasteiger partial charge on any atom is 0.229 e. The predicted molar refractivity (Wildman–Crippen MR) is 97.2 cm³/mol. The van der Waals surface area contributed by atoms with Gasteiger partial charge in [0.25, 0.3) is 0 Å². The van der Waals surface area contributed by atoms with E-state index in [1.165, 1.54) is 25.7 Å². The molecule has 0 unspecified atom stereocenters. The zero-order valence-electron chi connectivity index (χ0n) is 13.1. The Hall–Kier alpha value is -1.52. The molecule has 4 nitrogen and oxygen atoms in total. The maximum absolute atomic E-state index is 6.22. The summed E-state index contributed by atoms with van der Waals surface area (Å²) in [6.07, 6.45) is 5.01. The van der Waals surface area contributed by atoms with Crippen LogP contribution in [0.15, 0.2) is 24.3 Å². The van der Waals surface area contributed by atoms with Crippen LogP contribution in [-0.4, -0.2) is 23.1 Å². The summed E-state index contributed by atoms with van der Waals surface area (Å²) in [7, 11) is 0. The number of aromatic nitrogens is 2. The molecule has 0 amide bonds. The van der Waals surface area contributed by atoms with Crippen LogP contribution < -0.4 is 10.2 Å². The Morgan fingerprint density at radius 2 is 1.65 bits per heavy atom. The van der Waals surface area contributed by atoms with Gasteiger partial charge in [0.15, 0.2) is 0 Å². The number of nitrogens with one attached hydrogen (secondary N) is 1. The Kier molecular flexibility index (Phi) is 5.23. The molecule has 1 aromatic carbocycles. The quantitative estimate of drug-likeness (QED) is 0.824. The molecular weight excluding hydrogens is 331 g/mol. The van der Waals surface area contributed by atoms with Crippen LogP contribution in [0, 0.1) is 6.92 Å². The second kappa shape index (κ2) is 7.37. The zero-order chi connectivity index (χ0) is 16.2. The number of hydrogen-bond donors (Lipinski definition) is 1. The van der Waals surface area contributed by atoms with Crippen molar-refractivity contribution >= 4 is 40.7 Å². The van der Waals surface area contributed by atoms with Gasteiger partial charge in [0.2, 0.25) is 5.95 Å². The first-order valence-electron chi connectivity index (χ1n) is 7.95. The summed E-state index contributed by atoms with van der Waals surface area (Å²) in [6, 6.07) is 7.43. The number of hydrogen-bond acceptors (Lipinski definition) is 4. The third-order valence-electron chi connectivity index (χ3n) is 3.97. The lowest BCUT2D eigenvalue weighted by Crippen LogP contribution is -2.25. The molecule has 0 spiro atoms. The average molecular weight is 351 g/mol. The molecule has 1 aliphatic heterocycles. The second-order valence-corrected chi connectivity index (χ2v) is 6.63. The minimum atomic E-state index is 0.527. The Bertz CT molecular complexity index is 662. The van der Waals surface area contributed by atoms with Crippen molar-refractivity contribution in [1.82, 2.24) is 9.97 Å². The first kappa shape index (κ1) is 16.3. The molecule has 1 aliphatic rings. The van der Waals surface area contributed by atoms with E-state index >= 15 is 0 Å². The van der Waals surface area contributed by atoms with Gasteiger partial charge in [0.1, 0.15) is 5.82 Å². The molecule has 0 saturated carbocycles. The molecule has 122 valence electrons. The van der Waals surface area contributed by atoms with Crippen molar-refractivity contribution in [1.29, 1.82) is 0 Å². The lowest BCUT2D eigenvalue weighted by Gasteiger charge is -2.22. The van der Waals surface area contributed by atoms with E-state index in [1.807, 2.05) is 19.1 Å². The highest BCUT2D eigenvalue weighted by molar-refractivity contribution is 6.39. The zero-order valence-corrected chi connectivity index (χ0v) is 14.7. The SMILES string of the molecule is Cc1cc(N2CCCCCC2)nc(Nc2c(Cl)cccc2Cl)n1. The van der Waals surface area contributed by atoms with Crippen LogP contribution in [0.3, 0.4) is 0 Å². The fourth-order valence-electron chi connectivity index (χ4n) is 2.80. The summed E-state index contributed by atoms with van der Waals surface area (Å²) in [5, 5.41) is 4.27. The van der Waals surface area contributed by atoms with E-state index in [0.717, 1.165) is 24.6 Å². The Balaban J connectivity index is 1.88. The van der Waals surface area contributed by atoms with Gasteiger partial charge in [-0.1, -0.05) is 42.1 Å². The molecule has 3 rings (SSSR count). The van der Waals surface area contributed by atoms with Crippen molar-refractivity contribution in [2.45, 2.75) is 32.6 Å². The molecule has 2 heterocycles. The molecule has 0 atom stereocenters. The second-order valence-electron chi connectivity index (χ2n) is 5.81. The van der Waals surface area contributed by atoms with Gasteiger partial charge in [0.05, 0.1) is 15.7 Å². The van der Waals surface area contributed by atoms with Crippen molar-refractivity contribution in [2.75, 3.05) is 23.3 Å². The van der Waals surface area contributed by atoms with Crippen LogP contribution >= 0.6 is 23.2 Å². The molecule has 1 aromatic heterocycles. The van der Waals surface area contributed by atoms with Crippen LogP contribution in [0.25, 0.3) is 0 Å². The van der Waals surface area contributed by atoms with Crippen molar-refractivity contribution < 1.29 is 0 Å². The van der Waals surface area contributed by atoms with Crippen molar-refractivity contribution in [3.05, 3.63) is 40.0 Å². The Morgan fingerprint density at radius 1 is 1.00 bits per heavy atom. The highest BCUT2D eigenvalue weighted by Gasteiger charge is 2.14. The van der Waals surface area contributed by atoms with Crippen LogP contribution in [0.4, 0.5) is 17.5 Å². The van der Waals surface area contributed by atoms with Crippen molar-refractivity contribution in [3.63, 3.8) is 0 Å². The number of halogens is 2. The predicted octanol–water partition coefficient (Wildman–Crippen LogP) is 5.22. The highest BCUT2D eigenvalue weighted by Crippen LogP contribution is 2.32. The lowest BCUT2D eigenvalue weighted by molar-refractivity contribution is 0.726. The van der Waals surface area contributed by atoms with E-state index in [1.54, 1.807) is 12.1 Å². The van der Waals surface area contributed by atoms with E-state index in [-0.39, 0.29) is 0 Å². The van der Waals surface area contributed by atoms with Gasteiger partial charge in [0, 0.05) is 24.8 Å². The van der Waals surface area contributed by atoms with Crippen LogP contribution in [0.2, 0.25) is 10.0 Å². The minimum Gasteiger partial charge on any atom is -0.356 e. The van der Waals surface area contributed by atoms with Crippen molar-refractivity contribution in [2.24, 2.45) is 0 Å². The molecule has 6 heteroatoms. The number of aryl methyl sites for hydroxylation is 1. The number of nitrogens with zero attached hydrogens (tertiary/aromatic N) is 3. The molecule has 0 aliphatic carbocycles. The standard InChI is InChI=1S/C17H20Cl2N4/c1-12-11-15(23-9-4-2-3-5-10-23)21-17(20-12)22-16-13(18)7-6-8-14(16)19/h6-8,11H,2-5,9-10H2,1H3,(H,20,21,22). The molecule has 1 N–H and O–H groups in total. The summed E-state index contributed by atoms with van der Waals surface area (Å²) in [6.45, 7) is 4.06. The van der Waals surface area contributed by atoms with E-state index in [0.29, 0.717) is 21.7 Å². The molecule has 1 fully saturated rings. The minimum absolute atomic E-state index is 0.527. The van der Waals surface area contributed by atoms with Crippen LogP contribution in [0.5, 0.6) is 0 Å². The molecule has 0 bridgehead atoms. The summed E-state index contributed by atoms with van der Waals surface area (Å²) < 4.78 is 0. The van der Waals surface area contributed by atoms with E-state index in [2.05, 4.69) is 20.2 Å². The fourth-order valence-corrected chi connectivity index (χ4v) is 3.29. The summed E-state index contributed by atoms with van der Waals surface area (Å²) in [4.78, 5) is 11.5. The summed E-state index contributed by atoms with van der Waals surface area (Å²) in [5.41, 5.74) is 1.56. The third-order valence-corrected chi connectivity index (χ3v) is 4.60. The summed E-state index contributed by atoms with van der Waals surface area (Å²) >= 11 is 12.4. The van der Waals surface area contributed by atoms with Gasteiger partial charge in [-0.15, -0.1) is 0 Å². The topological polar surface area (TPSA) is 41.1 Å². The number of anilines is 3. The number of para-hydroxylation sites is 1. The first-order chi connectivity index (χ1) is 11.1. The molecule has 23 heavy (non-hydrogen) atoms. The number of benzene rings is 1. The first-order valence-corrected chi connectivity index (χ1v) is 8.71. The van der Waals surface area contributed by atoms with E-state index < -0.39 is 0 Å². The van der Waals surface area contributed by atoms with E-state index in [4.69, 9.17) is 23.2 Å². The van der Waals surface area contributed by atoms with Gasteiger partial charge >= 0.3 is 0 Å². The van der Waals surface area contributed by atoms with Gasteiger partial charge in [-0.3, -0.25) is 0 Å². The third kappa shape index (κ3) is 4.06. The summed E-state index contributed by atoms with van der Waals surface area (Å²) in [5.74, 6) is 1.49. The van der Waals surface area contributed by atoms with Gasteiger partial charge in [-0.2, -0.15) is 4.98 Å². The lowest BCUT2D eigenvalue weighted by atomic mass is 10.2. The van der Waals surface area contributed by atoms with Crippen LogP contribution in [-0.2, 0) is 0 Å². The van der Waals surface area contributed by atoms with E-state index in [9.17, 15) is 0 Å². The van der Waals surface area contributed by atoms with Gasteiger partial charge in [-0.05, 0) is 31.9 Å². The van der Waals surface area contributed by atoms with Gasteiger partial charge < -0.3 is 10.2 Å². The smallest absolute Gasteiger partial charge is 0.229 e. The maximum atomic E-state index is 6.22. The molecule has 0 radical (unpaired) electrons. The Morgan fingerprint density at radius 3 is 2.30 bits per heavy atom. The molecule has 1 saturated heterocycles. The number of rotatable bonds is 3.